The quantitative estimate of drug-likeness (QED) is 0.113. The fourth-order valence-electron chi connectivity index (χ4n) is 3.50. The molecule has 0 fully saturated rings. The molecule has 0 aliphatic rings. The molecule has 27 heavy (non-hydrogen) atoms. The number of hydrogen-bond donors (Lipinski definition) is 0. The van der Waals surface area contributed by atoms with Crippen LogP contribution < -0.4 is 0 Å². The zero-order valence-corrected chi connectivity index (χ0v) is 18.6. The molecule has 0 amide bonds. The molecule has 0 bridgehead atoms. The van der Waals surface area contributed by atoms with E-state index in [1.54, 1.807) is 0 Å². The Labute approximate surface area is 170 Å². The maximum Gasteiger partial charge on any atom is 0.305 e. The molecule has 2 nitrogen and oxygen atoms in total. The summed E-state index contributed by atoms with van der Waals surface area (Å²) in [6, 6.07) is 0. The average Bonchev–Trinajstić information content (AvgIpc) is 2.68. The van der Waals surface area contributed by atoms with Crippen molar-refractivity contribution in [3.8, 4) is 0 Å². The lowest BCUT2D eigenvalue weighted by atomic mass is 10.0. The van der Waals surface area contributed by atoms with Crippen LogP contribution in [0.2, 0.25) is 0 Å². The van der Waals surface area contributed by atoms with E-state index in [9.17, 15) is 4.79 Å². The van der Waals surface area contributed by atoms with Crippen LogP contribution in [0, 0.1) is 0 Å². The van der Waals surface area contributed by atoms with E-state index in [1.165, 1.54) is 123 Å². The Hall–Kier alpha value is -0.790. The molecular formula is C25H48O2. The van der Waals surface area contributed by atoms with Crippen LogP contribution in [-0.4, -0.2) is 13.1 Å². The highest BCUT2D eigenvalue weighted by Crippen LogP contribution is 2.13. The highest BCUT2D eigenvalue weighted by atomic mass is 16.5. The molecule has 0 aliphatic carbocycles. The van der Waals surface area contributed by atoms with Crippen molar-refractivity contribution in [1.29, 1.82) is 0 Å². The topological polar surface area (TPSA) is 26.3 Å². The molecule has 0 saturated carbocycles. The van der Waals surface area contributed by atoms with Gasteiger partial charge in [-0.25, -0.2) is 0 Å². The van der Waals surface area contributed by atoms with E-state index in [0.29, 0.717) is 6.42 Å². The first-order chi connectivity index (χ1) is 13.3. The summed E-state index contributed by atoms with van der Waals surface area (Å²) in [5, 5.41) is 0. The lowest BCUT2D eigenvalue weighted by Crippen LogP contribution is -1.99. The van der Waals surface area contributed by atoms with Gasteiger partial charge in [0, 0.05) is 6.42 Å². The van der Waals surface area contributed by atoms with Crippen LogP contribution in [0.3, 0.4) is 0 Å². The predicted octanol–water partition coefficient (Wildman–Crippen LogP) is 8.54. The molecular weight excluding hydrogens is 332 g/mol. The molecule has 0 aromatic carbocycles. The van der Waals surface area contributed by atoms with Crippen molar-refractivity contribution in [2.24, 2.45) is 0 Å². The first-order valence-corrected chi connectivity index (χ1v) is 12.0. The van der Waals surface area contributed by atoms with E-state index >= 15 is 0 Å². The molecule has 0 heterocycles. The second kappa shape index (κ2) is 23.2. The maximum absolute atomic E-state index is 11.0. The summed E-state index contributed by atoms with van der Waals surface area (Å²) in [7, 11) is 1.47. The smallest absolute Gasteiger partial charge is 0.305 e. The Morgan fingerprint density at radius 1 is 0.593 bits per heavy atom. The van der Waals surface area contributed by atoms with Gasteiger partial charge in [0.2, 0.25) is 0 Å². The Bertz CT molecular complexity index is 322. The van der Waals surface area contributed by atoms with Gasteiger partial charge in [-0.1, -0.05) is 109 Å². The number of ether oxygens (including phenoxy) is 1. The minimum atomic E-state index is -0.0664. The fraction of sp³-hybridized carbons (Fsp3) is 0.880. The van der Waals surface area contributed by atoms with Crippen LogP contribution in [0.1, 0.15) is 135 Å². The van der Waals surface area contributed by atoms with E-state index in [1.807, 2.05) is 0 Å². The van der Waals surface area contributed by atoms with E-state index < -0.39 is 0 Å². The number of unbranched alkanes of at least 4 members (excludes halogenated alkanes) is 17. The van der Waals surface area contributed by atoms with Crippen LogP contribution >= 0.6 is 0 Å². The molecule has 0 unspecified atom stereocenters. The maximum atomic E-state index is 11.0. The normalized spacial score (nSPS) is 11.3. The third kappa shape index (κ3) is 23.2. The van der Waals surface area contributed by atoms with Gasteiger partial charge < -0.3 is 4.74 Å². The lowest BCUT2D eigenvalue weighted by Gasteiger charge is -2.02. The van der Waals surface area contributed by atoms with Crippen LogP contribution in [0.5, 0.6) is 0 Å². The number of allylic oxidation sites excluding steroid dienone is 2. The van der Waals surface area contributed by atoms with E-state index in [2.05, 4.69) is 23.8 Å². The Morgan fingerprint density at radius 2 is 0.963 bits per heavy atom. The number of carbonyl (C=O) groups excluding carboxylic acids is 1. The van der Waals surface area contributed by atoms with Gasteiger partial charge in [-0.05, 0) is 32.1 Å². The minimum absolute atomic E-state index is 0.0664. The average molecular weight is 381 g/mol. The summed E-state index contributed by atoms with van der Waals surface area (Å²) < 4.78 is 4.65. The van der Waals surface area contributed by atoms with Gasteiger partial charge in [-0.2, -0.15) is 0 Å². The highest BCUT2D eigenvalue weighted by molar-refractivity contribution is 5.68. The van der Waals surface area contributed by atoms with Gasteiger partial charge in [0.1, 0.15) is 0 Å². The van der Waals surface area contributed by atoms with Gasteiger partial charge in [-0.15, -0.1) is 0 Å². The third-order valence-electron chi connectivity index (χ3n) is 5.37. The third-order valence-corrected chi connectivity index (χ3v) is 5.37. The van der Waals surface area contributed by atoms with Crippen LogP contribution in [0.15, 0.2) is 12.2 Å². The molecule has 0 rings (SSSR count). The number of hydrogen-bond acceptors (Lipinski definition) is 2. The van der Waals surface area contributed by atoms with Crippen molar-refractivity contribution >= 4 is 5.97 Å². The van der Waals surface area contributed by atoms with Gasteiger partial charge in [0.05, 0.1) is 7.11 Å². The molecule has 0 saturated heterocycles. The van der Waals surface area contributed by atoms with Crippen molar-refractivity contribution in [2.75, 3.05) is 7.11 Å². The first kappa shape index (κ1) is 26.2. The first-order valence-electron chi connectivity index (χ1n) is 12.0. The number of rotatable bonds is 21. The van der Waals surface area contributed by atoms with Gasteiger partial charge >= 0.3 is 5.97 Å². The Kier molecular flexibility index (Phi) is 22.6. The van der Waals surface area contributed by atoms with Gasteiger partial charge in [0.25, 0.3) is 0 Å². The summed E-state index contributed by atoms with van der Waals surface area (Å²) in [5.41, 5.74) is 0. The van der Waals surface area contributed by atoms with Crippen LogP contribution in [-0.2, 0) is 9.53 Å². The van der Waals surface area contributed by atoms with Crippen LogP contribution in [0.4, 0.5) is 0 Å². The zero-order chi connectivity index (χ0) is 19.8. The van der Waals surface area contributed by atoms with E-state index in [0.717, 1.165) is 6.42 Å². The Morgan fingerprint density at radius 3 is 1.37 bits per heavy atom. The monoisotopic (exact) mass is 380 g/mol. The van der Waals surface area contributed by atoms with Crippen molar-refractivity contribution < 1.29 is 9.53 Å². The van der Waals surface area contributed by atoms with Crippen molar-refractivity contribution in [3.05, 3.63) is 12.2 Å². The summed E-state index contributed by atoms with van der Waals surface area (Å²) in [6.07, 6.45) is 30.8. The highest BCUT2D eigenvalue weighted by Gasteiger charge is 1.99. The standard InChI is InChI=1S/C25H48O2/c1-3-4-5-6-7-8-9-10-11-12-13-14-15-16-17-18-19-20-21-22-23-24-25(26)27-2/h10-11H,3-9,12-24H2,1-2H3/b11-10+. The van der Waals surface area contributed by atoms with Crippen molar-refractivity contribution in [1.82, 2.24) is 0 Å². The molecule has 2 heteroatoms. The predicted molar refractivity (Wildman–Crippen MR) is 119 cm³/mol. The second-order valence-corrected chi connectivity index (χ2v) is 8.03. The lowest BCUT2D eigenvalue weighted by molar-refractivity contribution is -0.140. The summed E-state index contributed by atoms with van der Waals surface area (Å²) in [5.74, 6) is -0.0664. The molecule has 0 aliphatic heterocycles. The van der Waals surface area contributed by atoms with Gasteiger partial charge in [-0.3, -0.25) is 4.79 Å². The Balaban J connectivity index is 3.08. The summed E-state index contributed by atoms with van der Waals surface area (Å²) in [4.78, 5) is 11.0. The zero-order valence-electron chi connectivity index (χ0n) is 18.6. The number of methoxy groups -OCH3 is 1. The molecule has 0 aromatic rings. The van der Waals surface area contributed by atoms with Crippen molar-refractivity contribution in [2.45, 2.75) is 135 Å². The molecule has 0 aromatic heterocycles. The van der Waals surface area contributed by atoms with Crippen molar-refractivity contribution in [3.63, 3.8) is 0 Å². The number of esters is 1. The molecule has 160 valence electrons. The SMILES string of the molecule is CCCCCCCC/C=C/CCCCCCCCCCCCCC(=O)OC. The van der Waals surface area contributed by atoms with E-state index in [-0.39, 0.29) is 5.97 Å². The summed E-state index contributed by atoms with van der Waals surface area (Å²) in [6.45, 7) is 2.28. The van der Waals surface area contributed by atoms with Gasteiger partial charge in [0.15, 0.2) is 0 Å². The largest absolute Gasteiger partial charge is 0.469 e. The molecule has 0 radical (unpaired) electrons. The van der Waals surface area contributed by atoms with E-state index in [4.69, 9.17) is 0 Å². The van der Waals surface area contributed by atoms with Crippen LogP contribution in [0.25, 0.3) is 0 Å². The molecule has 0 N–H and O–H groups in total. The second-order valence-electron chi connectivity index (χ2n) is 8.03. The fourth-order valence-corrected chi connectivity index (χ4v) is 3.50. The molecule has 0 spiro atoms. The summed E-state index contributed by atoms with van der Waals surface area (Å²) >= 11 is 0. The molecule has 0 atom stereocenters. The number of carbonyl (C=O) groups is 1. The minimum Gasteiger partial charge on any atom is -0.469 e.